The predicted molar refractivity (Wildman–Crippen MR) is 68.7 cm³/mol. The summed E-state index contributed by atoms with van der Waals surface area (Å²) in [5.74, 6) is 0. The maximum atomic E-state index is 12.1. The van der Waals surface area contributed by atoms with E-state index in [9.17, 15) is 18.3 Å². The maximum Gasteiger partial charge on any atom is 0.390 e. The summed E-state index contributed by atoms with van der Waals surface area (Å²) in [4.78, 5) is 1.53. The van der Waals surface area contributed by atoms with Crippen LogP contribution in [0.5, 0.6) is 0 Å². The first-order chi connectivity index (χ1) is 8.20. The van der Waals surface area contributed by atoms with E-state index < -0.39 is 18.7 Å². The SMILES string of the molecule is CC(O)c1ccc(N(C)CCC(F)(F)F)c(Br)c1. The van der Waals surface area contributed by atoms with E-state index in [1.807, 2.05) is 0 Å². The molecule has 0 aromatic heterocycles. The Hall–Kier alpha value is -0.750. The van der Waals surface area contributed by atoms with Crippen molar-refractivity contribution in [1.82, 2.24) is 0 Å². The van der Waals surface area contributed by atoms with Gasteiger partial charge in [0.15, 0.2) is 0 Å². The van der Waals surface area contributed by atoms with Crippen molar-refractivity contribution in [3.8, 4) is 0 Å². The summed E-state index contributed by atoms with van der Waals surface area (Å²) in [5.41, 5.74) is 1.39. The third-order valence-electron chi connectivity index (χ3n) is 2.60. The summed E-state index contributed by atoms with van der Waals surface area (Å²) in [6.07, 6.45) is -5.61. The Bertz CT molecular complexity index is 407. The molecule has 0 saturated heterocycles. The normalized spacial score (nSPS) is 13.5. The lowest BCUT2D eigenvalue weighted by Gasteiger charge is -2.22. The number of benzene rings is 1. The Morgan fingerprint density at radius 3 is 2.44 bits per heavy atom. The molecule has 18 heavy (non-hydrogen) atoms. The number of halogens is 4. The Labute approximate surface area is 113 Å². The minimum Gasteiger partial charge on any atom is -0.389 e. The number of anilines is 1. The molecule has 1 atom stereocenters. The molecule has 102 valence electrons. The number of nitrogens with zero attached hydrogens (tertiary/aromatic N) is 1. The lowest BCUT2D eigenvalue weighted by Crippen LogP contribution is -2.24. The quantitative estimate of drug-likeness (QED) is 0.907. The topological polar surface area (TPSA) is 23.5 Å². The van der Waals surface area contributed by atoms with Gasteiger partial charge >= 0.3 is 6.18 Å². The van der Waals surface area contributed by atoms with Crippen LogP contribution in [0.4, 0.5) is 18.9 Å². The number of aliphatic hydroxyl groups excluding tert-OH is 1. The van der Waals surface area contributed by atoms with Crippen molar-refractivity contribution in [1.29, 1.82) is 0 Å². The van der Waals surface area contributed by atoms with E-state index in [4.69, 9.17) is 0 Å². The molecule has 6 heteroatoms. The molecule has 1 aromatic rings. The van der Waals surface area contributed by atoms with Gasteiger partial charge in [0.2, 0.25) is 0 Å². The summed E-state index contributed by atoms with van der Waals surface area (Å²) in [6, 6.07) is 5.11. The van der Waals surface area contributed by atoms with Crippen LogP contribution < -0.4 is 4.90 Å². The standard InChI is InChI=1S/C12H15BrF3NO/c1-8(18)9-3-4-11(10(13)7-9)17(2)6-5-12(14,15)16/h3-4,7-8,18H,5-6H2,1-2H3. The molecule has 0 aliphatic rings. The van der Waals surface area contributed by atoms with Gasteiger partial charge in [0.25, 0.3) is 0 Å². The lowest BCUT2D eigenvalue weighted by molar-refractivity contribution is -0.132. The van der Waals surface area contributed by atoms with Gasteiger partial charge in [-0.05, 0) is 40.5 Å². The van der Waals surface area contributed by atoms with Crippen LogP contribution in [0.2, 0.25) is 0 Å². The van der Waals surface area contributed by atoms with Crippen molar-refractivity contribution in [3.05, 3.63) is 28.2 Å². The van der Waals surface area contributed by atoms with E-state index in [1.54, 1.807) is 32.2 Å². The van der Waals surface area contributed by atoms with E-state index in [0.29, 0.717) is 10.2 Å². The molecule has 1 N–H and O–H groups in total. The minimum absolute atomic E-state index is 0.101. The number of rotatable bonds is 4. The zero-order valence-electron chi connectivity index (χ0n) is 10.1. The van der Waals surface area contributed by atoms with Crippen LogP contribution >= 0.6 is 15.9 Å². The summed E-state index contributed by atoms with van der Waals surface area (Å²) >= 11 is 3.30. The van der Waals surface area contributed by atoms with Gasteiger partial charge in [-0.1, -0.05) is 6.07 Å². The number of hydrogen-bond acceptors (Lipinski definition) is 2. The monoisotopic (exact) mass is 325 g/mol. The second-order valence-electron chi connectivity index (χ2n) is 4.17. The molecule has 0 fully saturated rings. The van der Waals surface area contributed by atoms with Crippen molar-refractivity contribution in [2.45, 2.75) is 25.6 Å². The Morgan fingerprint density at radius 2 is 2.00 bits per heavy atom. The molecule has 1 aromatic carbocycles. The van der Waals surface area contributed by atoms with Crippen LogP contribution in [0.25, 0.3) is 0 Å². The Balaban J connectivity index is 2.77. The highest BCUT2D eigenvalue weighted by Gasteiger charge is 2.27. The van der Waals surface area contributed by atoms with Gasteiger partial charge in [-0.25, -0.2) is 0 Å². The molecule has 0 heterocycles. The molecule has 0 amide bonds. The molecule has 2 nitrogen and oxygen atoms in total. The lowest BCUT2D eigenvalue weighted by atomic mass is 10.1. The summed E-state index contributed by atoms with van der Waals surface area (Å²) in [7, 11) is 1.61. The number of hydrogen-bond donors (Lipinski definition) is 1. The van der Waals surface area contributed by atoms with Crippen molar-refractivity contribution < 1.29 is 18.3 Å². The highest BCUT2D eigenvalue weighted by molar-refractivity contribution is 9.10. The van der Waals surface area contributed by atoms with Crippen LogP contribution in [-0.4, -0.2) is 24.9 Å². The van der Waals surface area contributed by atoms with E-state index in [-0.39, 0.29) is 6.54 Å². The molecular weight excluding hydrogens is 311 g/mol. The maximum absolute atomic E-state index is 12.1. The van der Waals surface area contributed by atoms with Gasteiger partial charge in [0.05, 0.1) is 18.2 Å². The first-order valence-electron chi connectivity index (χ1n) is 5.46. The fourth-order valence-electron chi connectivity index (χ4n) is 1.51. The highest BCUT2D eigenvalue weighted by Crippen LogP contribution is 2.30. The molecular formula is C12H15BrF3NO. The van der Waals surface area contributed by atoms with Gasteiger partial charge in [0, 0.05) is 18.1 Å². The van der Waals surface area contributed by atoms with Gasteiger partial charge in [-0.2, -0.15) is 13.2 Å². The second kappa shape index (κ2) is 5.93. The summed E-state index contributed by atoms with van der Waals surface area (Å²) in [5, 5.41) is 9.40. The van der Waals surface area contributed by atoms with Crippen molar-refractivity contribution in [3.63, 3.8) is 0 Å². The molecule has 0 spiro atoms. The third kappa shape index (κ3) is 4.49. The van der Waals surface area contributed by atoms with Gasteiger partial charge in [-0.3, -0.25) is 0 Å². The largest absolute Gasteiger partial charge is 0.390 e. The Kier molecular flexibility index (Phi) is 5.04. The first-order valence-corrected chi connectivity index (χ1v) is 6.25. The van der Waals surface area contributed by atoms with Crippen molar-refractivity contribution >= 4 is 21.6 Å². The zero-order valence-corrected chi connectivity index (χ0v) is 11.7. The van der Waals surface area contributed by atoms with Crippen molar-refractivity contribution in [2.75, 3.05) is 18.5 Å². The van der Waals surface area contributed by atoms with E-state index in [2.05, 4.69) is 15.9 Å². The average Bonchev–Trinajstić information content (AvgIpc) is 2.24. The van der Waals surface area contributed by atoms with E-state index >= 15 is 0 Å². The molecule has 0 radical (unpaired) electrons. The zero-order chi connectivity index (χ0) is 13.9. The van der Waals surface area contributed by atoms with Crippen molar-refractivity contribution in [2.24, 2.45) is 0 Å². The van der Waals surface area contributed by atoms with Crippen LogP contribution in [0.15, 0.2) is 22.7 Å². The minimum atomic E-state index is -4.15. The molecule has 1 rings (SSSR count). The van der Waals surface area contributed by atoms with Gasteiger partial charge < -0.3 is 10.0 Å². The molecule has 0 saturated carbocycles. The van der Waals surface area contributed by atoms with Crippen LogP contribution in [0, 0.1) is 0 Å². The molecule has 1 unspecified atom stereocenters. The molecule has 0 aliphatic heterocycles. The molecule has 0 aliphatic carbocycles. The van der Waals surface area contributed by atoms with Crippen LogP contribution in [0.1, 0.15) is 25.0 Å². The summed E-state index contributed by atoms with van der Waals surface area (Å²) < 4.78 is 37.1. The number of alkyl halides is 3. The predicted octanol–water partition coefficient (Wildman–Crippen LogP) is 3.89. The molecule has 0 bridgehead atoms. The van der Waals surface area contributed by atoms with Crippen LogP contribution in [0.3, 0.4) is 0 Å². The Morgan fingerprint density at radius 1 is 1.39 bits per heavy atom. The van der Waals surface area contributed by atoms with Gasteiger partial charge in [-0.15, -0.1) is 0 Å². The fourth-order valence-corrected chi connectivity index (χ4v) is 2.21. The van der Waals surface area contributed by atoms with Gasteiger partial charge in [0.1, 0.15) is 0 Å². The fraction of sp³-hybridized carbons (Fsp3) is 0.500. The van der Waals surface area contributed by atoms with E-state index in [0.717, 1.165) is 5.56 Å². The summed E-state index contributed by atoms with van der Waals surface area (Å²) in [6.45, 7) is 1.53. The third-order valence-corrected chi connectivity index (χ3v) is 3.23. The first kappa shape index (κ1) is 15.3. The smallest absolute Gasteiger partial charge is 0.389 e. The second-order valence-corrected chi connectivity index (χ2v) is 5.03. The highest BCUT2D eigenvalue weighted by atomic mass is 79.9. The average molecular weight is 326 g/mol. The van der Waals surface area contributed by atoms with E-state index in [1.165, 1.54) is 4.90 Å². The number of aliphatic hydroxyl groups is 1. The van der Waals surface area contributed by atoms with Crippen LogP contribution in [-0.2, 0) is 0 Å².